The molecule has 2 heterocycles. The molecule has 1 aliphatic rings. The van der Waals surface area contributed by atoms with Gasteiger partial charge in [-0.2, -0.15) is 0 Å². The summed E-state index contributed by atoms with van der Waals surface area (Å²) in [5.74, 6) is -0.0318. The number of hydrogen-bond acceptors (Lipinski definition) is 3. The number of hydrogen-bond donors (Lipinski definition) is 1. The van der Waals surface area contributed by atoms with E-state index in [1.807, 2.05) is 30.3 Å². The summed E-state index contributed by atoms with van der Waals surface area (Å²) in [6.45, 7) is 0.404. The zero-order chi connectivity index (χ0) is 14.7. The maximum absolute atomic E-state index is 12.2. The Morgan fingerprint density at radius 2 is 1.90 bits per heavy atom. The Bertz CT molecular complexity index is 643. The van der Waals surface area contributed by atoms with Gasteiger partial charge in [-0.15, -0.1) is 0 Å². The first-order chi connectivity index (χ1) is 10.2. The lowest BCUT2D eigenvalue weighted by Crippen LogP contribution is -2.28. The highest BCUT2D eigenvalue weighted by Gasteiger charge is 2.35. The molecule has 5 nitrogen and oxygen atoms in total. The number of rotatable bonds is 3. The second-order valence-corrected chi connectivity index (χ2v) is 4.95. The average Bonchev–Trinajstić information content (AvgIpc) is 2.91. The predicted molar refractivity (Wildman–Crippen MR) is 79.8 cm³/mol. The van der Waals surface area contributed by atoms with Crippen molar-refractivity contribution in [1.82, 2.24) is 4.98 Å². The van der Waals surface area contributed by atoms with Crippen LogP contribution < -0.4 is 10.2 Å². The van der Waals surface area contributed by atoms with Crippen LogP contribution in [0.15, 0.2) is 54.7 Å². The second-order valence-electron chi connectivity index (χ2n) is 4.95. The molecular weight excluding hydrogens is 266 g/mol. The summed E-state index contributed by atoms with van der Waals surface area (Å²) >= 11 is 0. The van der Waals surface area contributed by atoms with Crippen molar-refractivity contribution in [3.05, 3.63) is 54.7 Å². The fourth-order valence-corrected chi connectivity index (χ4v) is 2.41. The Hall–Kier alpha value is -2.69. The highest BCUT2D eigenvalue weighted by atomic mass is 16.2. The van der Waals surface area contributed by atoms with Gasteiger partial charge < -0.3 is 10.2 Å². The SMILES string of the molecule is O=C(Nc1ccccn1)[C@H]1CC(=O)N(c2ccccc2)C1. The predicted octanol–water partition coefficient (Wildman–Crippen LogP) is 2.07. The quantitative estimate of drug-likeness (QED) is 0.936. The first kappa shape index (κ1) is 13.3. The number of pyridine rings is 1. The van der Waals surface area contributed by atoms with Gasteiger partial charge in [0.05, 0.1) is 5.92 Å². The first-order valence-electron chi connectivity index (χ1n) is 6.81. The van der Waals surface area contributed by atoms with E-state index < -0.39 is 0 Å². The summed E-state index contributed by atoms with van der Waals surface area (Å²) in [6, 6.07) is 14.7. The van der Waals surface area contributed by atoms with Crippen molar-refractivity contribution in [2.45, 2.75) is 6.42 Å². The van der Waals surface area contributed by atoms with Crippen molar-refractivity contribution < 1.29 is 9.59 Å². The molecule has 1 saturated heterocycles. The topological polar surface area (TPSA) is 62.3 Å². The van der Waals surface area contributed by atoms with Crippen molar-refractivity contribution in [2.75, 3.05) is 16.8 Å². The normalized spacial score (nSPS) is 17.8. The molecule has 2 aromatic rings. The largest absolute Gasteiger partial charge is 0.312 e. The maximum atomic E-state index is 12.2. The molecule has 1 fully saturated rings. The molecule has 1 N–H and O–H groups in total. The van der Waals surface area contributed by atoms with Crippen LogP contribution >= 0.6 is 0 Å². The number of aromatic nitrogens is 1. The minimum atomic E-state index is -0.347. The van der Waals surface area contributed by atoms with Gasteiger partial charge in [0.15, 0.2) is 0 Å². The van der Waals surface area contributed by atoms with Crippen LogP contribution in [0.5, 0.6) is 0 Å². The molecule has 0 spiro atoms. The van der Waals surface area contributed by atoms with Gasteiger partial charge in [0.25, 0.3) is 0 Å². The van der Waals surface area contributed by atoms with Crippen LogP contribution in [-0.4, -0.2) is 23.3 Å². The van der Waals surface area contributed by atoms with E-state index in [9.17, 15) is 9.59 Å². The molecule has 3 rings (SSSR count). The lowest BCUT2D eigenvalue weighted by Gasteiger charge is -2.16. The van der Waals surface area contributed by atoms with Gasteiger partial charge in [0.1, 0.15) is 5.82 Å². The highest BCUT2D eigenvalue weighted by molar-refractivity contribution is 6.03. The zero-order valence-electron chi connectivity index (χ0n) is 11.4. The van der Waals surface area contributed by atoms with Crippen LogP contribution in [-0.2, 0) is 9.59 Å². The maximum Gasteiger partial charge on any atom is 0.230 e. The van der Waals surface area contributed by atoms with Gasteiger partial charge in [0.2, 0.25) is 11.8 Å². The van der Waals surface area contributed by atoms with E-state index in [4.69, 9.17) is 0 Å². The molecule has 1 aliphatic heterocycles. The van der Waals surface area contributed by atoms with Crippen LogP contribution in [0.25, 0.3) is 0 Å². The summed E-state index contributed by atoms with van der Waals surface area (Å²) in [4.78, 5) is 30.0. The smallest absolute Gasteiger partial charge is 0.230 e. The Labute approximate surface area is 122 Å². The van der Waals surface area contributed by atoms with E-state index in [1.165, 1.54) is 0 Å². The zero-order valence-corrected chi connectivity index (χ0v) is 11.4. The number of amides is 2. The number of para-hydroxylation sites is 1. The molecule has 0 radical (unpaired) electrons. The van der Waals surface area contributed by atoms with Gasteiger partial charge in [-0.05, 0) is 24.3 Å². The Morgan fingerprint density at radius 3 is 2.62 bits per heavy atom. The summed E-state index contributed by atoms with van der Waals surface area (Å²) in [5.41, 5.74) is 0.829. The van der Waals surface area contributed by atoms with Crippen molar-refractivity contribution in [2.24, 2.45) is 5.92 Å². The minimum absolute atomic E-state index is 0.0256. The summed E-state index contributed by atoms with van der Waals surface area (Å²) in [5, 5.41) is 2.75. The standard InChI is InChI=1S/C16H15N3O2/c20-15-10-12(11-19(15)13-6-2-1-3-7-13)16(21)18-14-8-4-5-9-17-14/h1-9,12H,10-11H2,(H,17,18,21)/t12-/m0/s1. The Kier molecular flexibility index (Phi) is 3.64. The van der Waals surface area contributed by atoms with Gasteiger partial charge in [-0.25, -0.2) is 4.98 Å². The van der Waals surface area contributed by atoms with Crippen molar-refractivity contribution >= 4 is 23.3 Å². The third-order valence-corrected chi connectivity index (χ3v) is 3.48. The fourth-order valence-electron chi connectivity index (χ4n) is 2.41. The van der Waals surface area contributed by atoms with Crippen molar-refractivity contribution in [3.63, 3.8) is 0 Å². The van der Waals surface area contributed by atoms with E-state index in [0.717, 1.165) is 5.69 Å². The molecule has 21 heavy (non-hydrogen) atoms. The summed E-state index contributed by atoms with van der Waals surface area (Å²) in [7, 11) is 0. The molecule has 1 atom stereocenters. The second kappa shape index (κ2) is 5.75. The van der Waals surface area contributed by atoms with E-state index in [-0.39, 0.29) is 24.2 Å². The lowest BCUT2D eigenvalue weighted by atomic mass is 10.1. The number of benzene rings is 1. The fraction of sp³-hybridized carbons (Fsp3) is 0.188. The number of nitrogens with one attached hydrogen (secondary N) is 1. The summed E-state index contributed by atoms with van der Waals surface area (Å²) < 4.78 is 0. The molecule has 0 saturated carbocycles. The van der Waals surface area contributed by atoms with Crippen molar-refractivity contribution in [3.8, 4) is 0 Å². The van der Waals surface area contributed by atoms with Crippen LogP contribution in [0.1, 0.15) is 6.42 Å². The monoisotopic (exact) mass is 281 g/mol. The molecule has 1 aromatic heterocycles. The van der Waals surface area contributed by atoms with Crippen molar-refractivity contribution in [1.29, 1.82) is 0 Å². The van der Waals surface area contributed by atoms with Crippen LogP contribution in [0, 0.1) is 5.92 Å². The van der Waals surface area contributed by atoms with Gasteiger partial charge in [0, 0.05) is 24.8 Å². The van der Waals surface area contributed by atoms with E-state index >= 15 is 0 Å². The number of anilines is 2. The van der Waals surface area contributed by atoms with Crippen LogP contribution in [0.3, 0.4) is 0 Å². The highest BCUT2D eigenvalue weighted by Crippen LogP contribution is 2.25. The van der Waals surface area contributed by atoms with Crippen LogP contribution in [0.2, 0.25) is 0 Å². The third kappa shape index (κ3) is 2.91. The first-order valence-corrected chi connectivity index (χ1v) is 6.81. The Morgan fingerprint density at radius 1 is 1.14 bits per heavy atom. The lowest BCUT2D eigenvalue weighted by molar-refractivity contribution is -0.122. The molecule has 5 heteroatoms. The van der Waals surface area contributed by atoms with E-state index in [2.05, 4.69) is 10.3 Å². The third-order valence-electron chi connectivity index (χ3n) is 3.48. The molecule has 2 amide bonds. The Balaban J connectivity index is 1.68. The van der Waals surface area contributed by atoms with E-state index in [1.54, 1.807) is 29.3 Å². The minimum Gasteiger partial charge on any atom is -0.312 e. The summed E-state index contributed by atoms with van der Waals surface area (Å²) in [6.07, 6.45) is 1.85. The molecule has 0 unspecified atom stereocenters. The van der Waals surface area contributed by atoms with E-state index in [0.29, 0.717) is 12.4 Å². The molecule has 0 bridgehead atoms. The van der Waals surface area contributed by atoms with Crippen LogP contribution in [0.4, 0.5) is 11.5 Å². The molecule has 1 aromatic carbocycles. The molecular formula is C16H15N3O2. The average molecular weight is 281 g/mol. The van der Waals surface area contributed by atoms with Gasteiger partial charge in [-0.3, -0.25) is 9.59 Å². The number of nitrogens with zero attached hydrogens (tertiary/aromatic N) is 2. The molecule has 0 aliphatic carbocycles. The number of carbonyl (C=O) groups is 2. The molecule has 106 valence electrons. The van der Waals surface area contributed by atoms with Gasteiger partial charge in [-0.1, -0.05) is 24.3 Å². The number of carbonyl (C=O) groups excluding carboxylic acids is 2. The van der Waals surface area contributed by atoms with Gasteiger partial charge >= 0.3 is 0 Å².